The minimum atomic E-state index is -0.410. The van der Waals surface area contributed by atoms with Crippen LogP contribution < -0.4 is 16.0 Å². The van der Waals surface area contributed by atoms with Gasteiger partial charge in [-0.3, -0.25) is 9.59 Å². The van der Waals surface area contributed by atoms with Gasteiger partial charge in [0.2, 0.25) is 5.91 Å². The summed E-state index contributed by atoms with van der Waals surface area (Å²) in [5.74, 6) is -0.331. The third-order valence-electron chi connectivity index (χ3n) is 3.94. The summed E-state index contributed by atoms with van der Waals surface area (Å²) in [5.41, 5.74) is 3.05. The molecule has 0 saturated heterocycles. The number of benzene rings is 2. The molecule has 0 fully saturated rings. The Labute approximate surface area is 164 Å². The third kappa shape index (κ3) is 6.90. The molecule has 2 aromatic carbocycles. The minimum Gasteiger partial charge on any atom is -0.388 e. The zero-order chi connectivity index (χ0) is 20.4. The monoisotopic (exact) mass is 383 g/mol. The van der Waals surface area contributed by atoms with Crippen molar-refractivity contribution >= 4 is 34.4 Å². The number of carbonyl (C=O) groups excluding carboxylic acids is 2. The van der Waals surface area contributed by atoms with Crippen LogP contribution in [0.5, 0.6) is 0 Å². The molecule has 0 spiro atoms. The van der Waals surface area contributed by atoms with Gasteiger partial charge >= 0.3 is 0 Å². The molecule has 8 heteroatoms. The van der Waals surface area contributed by atoms with Crippen LogP contribution in [0.1, 0.15) is 6.92 Å². The Balaban J connectivity index is 1.82. The molecule has 0 radical (unpaired) electrons. The highest BCUT2D eigenvalue weighted by atomic mass is 16.5. The molecule has 1 unspecified atom stereocenters. The lowest BCUT2D eigenvalue weighted by Crippen LogP contribution is -2.37. The molecule has 0 saturated carbocycles. The number of amides is 1. The molecule has 1 amide bonds. The van der Waals surface area contributed by atoms with Crippen molar-refractivity contribution in [2.45, 2.75) is 13.0 Å². The maximum absolute atomic E-state index is 11.9. The number of ether oxygens (including phenoxy) is 1. The second-order valence-electron chi connectivity index (χ2n) is 6.06. The molecule has 0 aromatic heterocycles. The van der Waals surface area contributed by atoms with Crippen LogP contribution in [0.4, 0.5) is 22.7 Å². The number of carbonyl (C=O) groups is 2. The summed E-state index contributed by atoms with van der Waals surface area (Å²) in [6.07, 6.45) is 0. The lowest BCUT2D eigenvalue weighted by molar-refractivity contribution is -0.124. The number of azo groups is 1. The molecule has 0 aliphatic rings. The van der Waals surface area contributed by atoms with E-state index in [0.717, 1.165) is 11.4 Å². The second-order valence-corrected chi connectivity index (χ2v) is 6.06. The van der Waals surface area contributed by atoms with Crippen molar-refractivity contribution in [1.82, 2.24) is 5.32 Å². The van der Waals surface area contributed by atoms with Crippen molar-refractivity contribution in [2.75, 3.05) is 37.9 Å². The SMILES string of the molecule is CNc1ccc(N=Nc2ccc(NC(=O)COCC(NC)C(C)=O)cc2)cc1. The second kappa shape index (κ2) is 10.9. The highest BCUT2D eigenvalue weighted by Gasteiger charge is 2.12. The predicted molar refractivity (Wildman–Crippen MR) is 110 cm³/mol. The number of ketones is 1. The van der Waals surface area contributed by atoms with Gasteiger partial charge in [-0.2, -0.15) is 10.2 Å². The van der Waals surface area contributed by atoms with E-state index < -0.39 is 6.04 Å². The van der Waals surface area contributed by atoms with Gasteiger partial charge in [0.25, 0.3) is 0 Å². The molecule has 2 aromatic rings. The molecule has 148 valence electrons. The van der Waals surface area contributed by atoms with Crippen LogP contribution in [0.2, 0.25) is 0 Å². The Kier molecular flexibility index (Phi) is 8.26. The van der Waals surface area contributed by atoms with Crippen LogP contribution in [0.15, 0.2) is 58.8 Å². The third-order valence-corrected chi connectivity index (χ3v) is 3.94. The number of anilines is 2. The summed E-state index contributed by atoms with van der Waals surface area (Å²) in [6.45, 7) is 1.49. The van der Waals surface area contributed by atoms with Gasteiger partial charge in [-0.1, -0.05) is 0 Å². The van der Waals surface area contributed by atoms with Crippen LogP contribution >= 0.6 is 0 Å². The number of Topliss-reactive ketones (excluding diaryl/α,β-unsaturated/α-hetero) is 1. The average molecular weight is 383 g/mol. The Morgan fingerprint density at radius 2 is 1.46 bits per heavy atom. The van der Waals surface area contributed by atoms with E-state index in [1.54, 1.807) is 31.3 Å². The van der Waals surface area contributed by atoms with Gasteiger partial charge < -0.3 is 20.7 Å². The van der Waals surface area contributed by atoms with E-state index in [-0.39, 0.29) is 24.9 Å². The highest BCUT2D eigenvalue weighted by molar-refractivity contribution is 5.91. The molecule has 1 atom stereocenters. The summed E-state index contributed by atoms with van der Waals surface area (Å²) < 4.78 is 5.28. The maximum Gasteiger partial charge on any atom is 0.250 e. The predicted octanol–water partition coefficient (Wildman–Crippen LogP) is 3.28. The minimum absolute atomic E-state index is 0.0364. The molecule has 0 heterocycles. The van der Waals surface area contributed by atoms with E-state index in [9.17, 15) is 9.59 Å². The summed E-state index contributed by atoms with van der Waals surface area (Å²) in [7, 11) is 3.53. The Morgan fingerprint density at radius 1 is 0.929 bits per heavy atom. The fraction of sp³-hybridized carbons (Fsp3) is 0.300. The van der Waals surface area contributed by atoms with Gasteiger partial charge in [-0.15, -0.1) is 0 Å². The quantitative estimate of drug-likeness (QED) is 0.546. The topological polar surface area (TPSA) is 104 Å². The van der Waals surface area contributed by atoms with Crippen LogP contribution in [0.3, 0.4) is 0 Å². The molecule has 3 N–H and O–H groups in total. The van der Waals surface area contributed by atoms with Crippen molar-refractivity contribution in [3.8, 4) is 0 Å². The largest absolute Gasteiger partial charge is 0.388 e. The fourth-order valence-corrected chi connectivity index (χ4v) is 2.29. The number of nitrogens with zero attached hydrogens (tertiary/aromatic N) is 2. The van der Waals surface area contributed by atoms with E-state index in [1.807, 2.05) is 31.3 Å². The Hall–Kier alpha value is -3.10. The normalized spacial score (nSPS) is 12.0. The van der Waals surface area contributed by atoms with Crippen molar-refractivity contribution in [3.05, 3.63) is 48.5 Å². The van der Waals surface area contributed by atoms with Crippen LogP contribution in [0, 0.1) is 0 Å². The standard InChI is InChI=1S/C20H25N5O3/c1-14(26)19(22-3)12-28-13-20(27)23-16-6-10-18(11-7-16)25-24-17-8-4-15(21-2)5-9-17/h4-11,19,21-22H,12-13H2,1-3H3,(H,23,27). The first-order chi connectivity index (χ1) is 13.5. The van der Waals surface area contributed by atoms with Crippen LogP contribution in [-0.2, 0) is 14.3 Å². The zero-order valence-electron chi connectivity index (χ0n) is 16.2. The molecule has 2 rings (SSSR count). The summed E-state index contributed by atoms with van der Waals surface area (Å²) >= 11 is 0. The summed E-state index contributed by atoms with van der Waals surface area (Å²) in [4.78, 5) is 23.2. The average Bonchev–Trinajstić information content (AvgIpc) is 2.71. The zero-order valence-corrected chi connectivity index (χ0v) is 16.2. The number of likely N-dealkylation sites (N-methyl/N-ethyl adjacent to an activating group) is 1. The van der Waals surface area contributed by atoms with Crippen molar-refractivity contribution < 1.29 is 14.3 Å². The van der Waals surface area contributed by atoms with Gasteiger partial charge in [-0.05, 0) is 62.5 Å². The first-order valence-electron chi connectivity index (χ1n) is 8.86. The lowest BCUT2D eigenvalue weighted by Gasteiger charge is -2.12. The number of hydrogen-bond donors (Lipinski definition) is 3. The Morgan fingerprint density at radius 3 is 1.93 bits per heavy atom. The summed E-state index contributed by atoms with van der Waals surface area (Å²) in [6, 6.07) is 14.2. The number of hydrogen-bond acceptors (Lipinski definition) is 7. The van der Waals surface area contributed by atoms with Crippen molar-refractivity contribution in [3.63, 3.8) is 0 Å². The molecular weight excluding hydrogens is 358 g/mol. The van der Waals surface area contributed by atoms with Gasteiger partial charge in [0.05, 0.1) is 24.0 Å². The summed E-state index contributed by atoms with van der Waals surface area (Å²) in [5, 5.41) is 17.0. The molecule has 0 aliphatic heterocycles. The Bertz CT molecular complexity index is 804. The van der Waals surface area contributed by atoms with E-state index in [2.05, 4.69) is 26.2 Å². The van der Waals surface area contributed by atoms with Gasteiger partial charge in [-0.25, -0.2) is 0 Å². The molecule has 28 heavy (non-hydrogen) atoms. The van der Waals surface area contributed by atoms with Gasteiger partial charge in [0.15, 0.2) is 0 Å². The molecule has 8 nitrogen and oxygen atoms in total. The maximum atomic E-state index is 11.9. The smallest absolute Gasteiger partial charge is 0.250 e. The molecular formula is C20H25N5O3. The number of nitrogens with one attached hydrogen (secondary N) is 3. The van der Waals surface area contributed by atoms with Crippen LogP contribution in [0.25, 0.3) is 0 Å². The van der Waals surface area contributed by atoms with E-state index in [4.69, 9.17) is 4.74 Å². The molecule has 0 bridgehead atoms. The first kappa shape index (κ1) is 21.2. The van der Waals surface area contributed by atoms with Gasteiger partial charge in [0, 0.05) is 18.4 Å². The fourth-order valence-electron chi connectivity index (χ4n) is 2.29. The van der Waals surface area contributed by atoms with Crippen LogP contribution in [-0.4, -0.2) is 45.0 Å². The number of rotatable bonds is 10. The lowest BCUT2D eigenvalue weighted by atomic mass is 10.2. The van der Waals surface area contributed by atoms with Crippen molar-refractivity contribution in [1.29, 1.82) is 0 Å². The molecule has 0 aliphatic carbocycles. The van der Waals surface area contributed by atoms with Gasteiger partial charge in [0.1, 0.15) is 12.4 Å². The highest BCUT2D eigenvalue weighted by Crippen LogP contribution is 2.21. The van der Waals surface area contributed by atoms with Crippen molar-refractivity contribution in [2.24, 2.45) is 10.2 Å². The first-order valence-corrected chi connectivity index (χ1v) is 8.86. The van der Waals surface area contributed by atoms with E-state index >= 15 is 0 Å². The van der Waals surface area contributed by atoms with E-state index in [1.165, 1.54) is 6.92 Å². The van der Waals surface area contributed by atoms with E-state index in [0.29, 0.717) is 11.4 Å².